The van der Waals surface area contributed by atoms with Gasteiger partial charge in [0.1, 0.15) is 21.8 Å². The molecular weight excluding hydrogens is 408 g/mol. The smallest absolute Gasteiger partial charge is 0.227 e. The number of ketones is 1. The average molecular weight is 433 g/mol. The second-order valence-electron chi connectivity index (χ2n) is 7.88. The first-order chi connectivity index (χ1) is 15.1. The van der Waals surface area contributed by atoms with E-state index >= 15 is 0 Å². The molecule has 0 aliphatic carbocycles. The lowest BCUT2D eigenvalue weighted by Crippen LogP contribution is -2.42. The van der Waals surface area contributed by atoms with Gasteiger partial charge in [0.2, 0.25) is 5.95 Å². The van der Waals surface area contributed by atoms with Crippen LogP contribution in [0.25, 0.3) is 21.1 Å². The Balaban J connectivity index is 1.44. The third-order valence-electron chi connectivity index (χ3n) is 5.36. The highest BCUT2D eigenvalue weighted by Crippen LogP contribution is 2.29. The van der Waals surface area contributed by atoms with Crippen LogP contribution < -0.4 is 10.6 Å². The maximum Gasteiger partial charge on any atom is 0.227 e. The Labute approximate surface area is 184 Å². The molecule has 2 aromatic heterocycles. The number of benzene rings is 2. The van der Waals surface area contributed by atoms with Gasteiger partial charge in [0.05, 0.1) is 11.2 Å². The second kappa shape index (κ2) is 8.66. The number of nitrogens with zero attached hydrogens (tertiary/aromatic N) is 4. The number of Topliss-reactive ketones (excluding diaryl/α,β-unsaturated/α-hetero) is 1. The minimum atomic E-state index is 0.140. The molecule has 8 heteroatoms. The summed E-state index contributed by atoms with van der Waals surface area (Å²) < 4.78 is 1.14. The zero-order valence-electron chi connectivity index (χ0n) is 17.4. The highest BCUT2D eigenvalue weighted by Gasteiger charge is 2.15. The zero-order chi connectivity index (χ0) is 21.2. The van der Waals surface area contributed by atoms with Crippen molar-refractivity contribution in [2.45, 2.75) is 19.9 Å². The molecule has 2 aromatic carbocycles. The van der Waals surface area contributed by atoms with E-state index < -0.39 is 0 Å². The first kappa shape index (κ1) is 20.0. The standard InChI is InChI=1S/C23H24N6OS/c1-15(30)11-16-3-2-4-18(12-16)26-23-25-13-17-5-6-19-22(21(17)28-23)27-20(31-19)14-29-9-7-24-8-10-29/h2-6,12-13,24H,7-11,14H2,1H3,(H,25,26,28). The molecule has 4 aromatic rings. The van der Waals surface area contributed by atoms with Crippen LogP contribution in [-0.4, -0.2) is 51.8 Å². The molecule has 2 N–H and O–H groups in total. The molecule has 1 saturated heterocycles. The molecule has 0 amide bonds. The van der Waals surface area contributed by atoms with Crippen molar-refractivity contribution in [2.75, 3.05) is 31.5 Å². The Bertz CT molecular complexity index is 1250. The molecule has 7 nitrogen and oxygen atoms in total. The summed E-state index contributed by atoms with van der Waals surface area (Å²) >= 11 is 1.74. The quantitative estimate of drug-likeness (QED) is 0.482. The zero-order valence-corrected chi connectivity index (χ0v) is 18.2. The van der Waals surface area contributed by atoms with Gasteiger partial charge in [0, 0.05) is 49.9 Å². The fourth-order valence-corrected chi connectivity index (χ4v) is 4.91. The molecule has 1 fully saturated rings. The molecule has 0 bridgehead atoms. The fraction of sp³-hybridized carbons (Fsp3) is 0.304. The third-order valence-corrected chi connectivity index (χ3v) is 6.36. The molecule has 31 heavy (non-hydrogen) atoms. The molecular formula is C23H24N6OS. The van der Waals surface area contributed by atoms with Crippen molar-refractivity contribution in [3.63, 3.8) is 0 Å². The molecule has 1 aliphatic heterocycles. The van der Waals surface area contributed by atoms with Gasteiger partial charge in [-0.25, -0.2) is 15.0 Å². The molecule has 3 heterocycles. The predicted octanol–water partition coefficient (Wildman–Crippen LogP) is 3.52. The maximum absolute atomic E-state index is 11.4. The minimum absolute atomic E-state index is 0.140. The van der Waals surface area contributed by atoms with Crippen LogP contribution >= 0.6 is 11.3 Å². The molecule has 5 rings (SSSR count). The van der Waals surface area contributed by atoms with E-state index in [4.69, 9.17) is 9.97 Å². The highest BCUT2D eigenvalue weighted by molar-refractivity contribution is 7.18. The van der Waals surface area contributed by atoms with Crippen LogP contribution in [-0.2, 0) is 17.8 Å². The number of hydrogen-bond donors (Lipinski definition) is 2. The summed E-state index contributed by atoms with van der Waals surface area (Å²) in [5.41, 5.74) is 3.63. The molecule has 1 aliphatic rings. The van der Waals surface area contributed by atoms with Crippen molar-refractivity contribution in [1.29, 1.82) is 0 Å². The number of nitrogens with one attached hydrogen (secondary N) is 2. The number of anilines is 2. The number of piperazine rings is 1. The Morgan fingerprint density at radius 1 is 1.16 bits per heavy atom. The lowest BCUT2D eigenvalue weighted by Gasteiger charge is -2.25. The predicted molar refractivity (Wildman–Crippen MR) is 125 cm³/mol. The Morgan fingerprint density at radius 3 is 2.87 bits per heavy atom. The number of rotatable bonds is 6. The van der Waals surface area contributed by atoms with Gasteiger partial charge in [-0.2, -0.15) is 0 Å². The van der Waals surface area contributed by atoms with E-state index in [2.05, 4.69) is 32.7 Å². The number of hydrogen-bond acceptors (Lipinski definition) is 8. The van der Waals surface area contributed by atoms with Crippen LogP contribution in [0.5, 0.6) is 0 Å². The summed E-state index contributed by atoms with van der Waals surface area (Å²) in [6.07, 6.45) is 2.25. The van der Waals surface area contributed by atoms with Gasteiger partial charge in [-0.3, -0.25) is 9.69 Å². The van der Waals surface area contributed by atoms with Gasteiger partial charge >= 0.3 is 0 Å². The van der Waals surface area contributed by atoms with Gasteiger partial charge in [-0.15, -0.1) is 11.3 Å². The second-order valence-corrected chi connectivity index (χ2v) is 9.00. The topological polar surface area (TPSA) is 83.0 Å². The van der Waals surface area contributed by atoms with Crippen molar-refractivity contribution < 1.29 is 4.79 Å². The van der Waals surface area contributed by atoms with Gasteiger partial charge in [-0.1, -0.05) is 12.1 Å². The summed E-state index contributed by atoms with van der Waals surface area (Å²) in [7, 11) is 0. The van der Waals surface area contributed by atoms with Gasteiger partial charge < -0.3 is 10.6 Å². The van der Waals surface area contributed by atoms with Crippen LogP contribution in [0.2, 0.25) is 0 Å². The number of aromatic nitrogens is 3. The SMILES string of the molecule is CC(=O)Cc1cccc(Nc2ncc3ccc4sc(CN5CCNCC5)nc4c3n2)c1. The number of thiazole rings is 1. The number of fused-ring (bicyclic) bond motifs is 3. The van der Waals surface area contributed by atoms with Crippen molar-refractivity contribution in [1.82, 2.24) is 25.2 Å². The van der Waals surface area contributed by atoms with E-state index in [9.17, 15) is 4.79 Å². The molecule has 0 radical (unpaired) electrons. The monoisotopic (exact) mass is 432 g/mol. The Kier molecular flexibility index (Phi) is 5.59. The van der Waals surface area contributed by atoms with Crippen molar-refractivity contribution in [2.24, 2.45) is 0 Å². The summed E-state index contributed by atoms with van der Waals surface area (Å²) in [5.74, 6) is 0.665. The third kappa shape index (κ3) is 4.56. The van der Waals surface area contributed by atoms with E-state index in [1.54, 1.807) is 18.3 Å². The van der Waals surface area contributed by atoms with Crippen molar-refractivity contribution in [3.05, 3.63) is 53.2 Å². The van der Waals surface area contributed by atoms with Crippen molar-refractivity contribution in [3.8, 4) is 0 Å². The summed E-state index contributed by atoms with van der Waals surface area (Å²) in [6, 6.07) is 12.0. The van der Waals surface area contributed by atoms with E-state index in [1.807, 2.05) is 30.5 Å². The molecule has 0 saturated carbocycles. The fourth-order valence-electron chi connectivity index (χ4n) is 3.89. The van der Waals surface area contributed by atoms with Crippen LogP contribution in [0, 0.1) is 0 Å². The lowest BCUT2D eigenvalue weighted by molar-refractivity contribution is -0.116. The molecule has 0 unspecified atom stereocenters. The minimum Gasteiger partial charge on any atom is -0.324 e. The maximum atomic E-state index is 11.4. The molecule has 158 valence electrons. The summed E-state index contributed by atoms with van der Waals surface area (Å²) in [6.45, 7) is 6.64. The van der Waals surface area contributed by atoms with Crippen molar-refractivity contribution >= 4 is 49.9 Å². The van der Waals surface area contributed by atoms with E-state index in [-0.39, 0.29) is 5.78 Å². The average Bonchev–Trinajstić information content (AvgIpc) is 3.17. The highest BCUT2D eigenvalue weighted by atomic mass is 32.1. The van der Waals surface area contributed by atoms with E-state index in [0.717, 1.165) is 70.1 Å². The molecule has 0 atom stereocenters. The Hall–Kier alpha value is -2.94. The van der Waals surface area contributed by atoms with E-state index in [1.165, 1.54) is 0 Å². The van der Waals surface area contributed by atoms with Crippen LogP contribution in [0.1, 0.15) is 17.5 Å². The first-order valence-corrected chi connectivity index (χ1v) is 11.3. The summed E-state index contributed by atoms with van der Waals surface area (Å²) in [4.78, 5) is 28.0. The first-order valence-electron chi connectivity index (χ1n) is 10.5. The Morgan fingerprint density at radius 2 is 2.03 bits per heavy atom. The van der Waals surface area contributed by atoms with Gasteiger partial charge in [0.25, 0.3) is 0 Å². The number of carbonyl (C=O) groups is 1. The molecule has 0 spiro atoms. The van der Waals surface area contributed by atoms with Crippen LogP contribution in [0.15, 0.2) is 42.6 Å². The van der Waals surface area contributed by atoms with E-state index in [0.29, 0.717) is 12.4 Å². The largest absolute Gasteiger partial charge is 0.324 e. The lowest BCUT2D eigenvalue weighted by atomic mass is 10.1. The summed E-state index contributed by atoms with van der Waals surface area (Å²) in [5, 5.41) is 8.76. The van der Waals surface area contributed by atoms with Gasteiger partial charge in [-0.05, 0) is 36.8 Å². The van der Waals surface area contributed by atoms with Gasteiger partial charge in [0.15, 0.2) is 0 Å². The van der Waals surface area contributed by atoms with Crippen LogP contribution in [0.3, 0.4) is 0 Å². The number of carbonyl (C=O) groups excluding carboxylic acids is 1. The van der Waals surface area contributed by atoms with Crippen LogP contribution in [0.4, 0.5) is 11.6 Å². The normalized spacial score (nSPS) is 14.9.